The van der Waals surface area contributed by atoms with E-state index in [2.05, 4.69) is 37.3 Å². The molecule has 0 spiro atoms. The zero-order valence-electron chi connectivity index (χ0n) is 10.4. The van der Waals surface area contributed by atoms with Crippen molar-refractivity contribution < 1.29 is 15.0 Å². The van der Waals surface area contributed by atoms with Crippen LogP contribution in [0.1, 0.15) is 44.6 Å². The molecule has 0 aliphatic rings. The number of aryl methyl sites for hydroxylation is 1. The van der Waals surface area contributed by atoms with E-state index in [1.807, 2.05) is 0 Å². The molecule has 0 atom stereocenters. The smallest absolute Gasteiger partial charge is 0.450 e. The molecule has 0 fully saturated rings. The van der Waals surface area contributed by atoms with Crippen LogP contribution in [0.25, 0.3) is 0 Å². The molecular formula is C14H22O3. The van der Waals surface area contributed by atoms with E-state index in [1.165, 1.54) is 44.1 Å². The molecule has 17 heavy (non-hydrogen) atoms. The molecule has 0 aliphatic carbocycles. The standard InChI is InChI=1S/C13H20.CH2O3/c1-2-3-4-5-7-10-13-11-8-6-9-12-13;2-1(3)4/h6,8-9,11-12H,2-5,7,10H2,1H3;(H2,2,3,4). The number of hydrogen-bond acceptors (Lipinski definition) is 1. The predicted molar refractivity (Wildman–Crippen MR) is 69.6 cm³/mol. The minimum Gasteiger partial charge on any atom is -0.450 e. The molecule has 1 aromatic rings. The number of rotatable bonds is 6. The Balaban J connectivity index is 0.000000557. The Morgan fingerprint density at radius 2 is 1.53 bits per heavy atom. The molecule has 2 N–H and O–H groups in total. The van der Waals surface area contributed by atoms with Gasteiger partial charge in [-0.05, 0) is 18.4 Å². The second-order valence-electron chi connectivity index (χ2n) is 3.93. The van der Waals surface area contributed by atoms with Crippen molar-refractivity contribution in [2.24, 2.45) is 0 Å². The van der Waals surface area contributed by atoms with Gasteiger partial charge in [0.1, 0.15) is 0 Å². The Morgan fingerprint density at radius 3 is 2.06 bits per heavy atom. The summed E-state index contributed by atoms with van der Waals surface area (Å²) in [5.74, 6) is 0. The monoisotopic (exact) mass is 238 g/mol. The van der Waals surface area contributed by atoms with Crippen molar-refractivity contribution in [3.8, 4) is 0 Å². The third-order valence-corrected chi connectivity index (χ3v) is 2.41. The lowest BCUT2D eigenvalue weighted by Gasteiger charge is -2.00. The van der Waals surface area contributed by atoms with E-state index in [0.717, 1.165) is 0 Å². The fraction of sp³-hybridized carbons (Fsp3) is 0.500. The van der Waals surface area contributed by atoms with Gasteiger partial charge in [-0.15, -0.1) is 0 Å². The molecule has 0 saturated carbocycles. The summed E-state index contributed by atoms with van der Waals surface area (Å²) in [7, 11) is 0. The molecule has 0 aliphatic heterocycles. The molecule has 3 nitrogen and oxygen atoms in total. The maximum atomic E-state index is 8.56. The number of unbranched alkanes of at least 4 members (excludes halogenated alkanes) is 4. The number of hydrogen-bond donors (Lipinski definition) is 2. The second-order valence-corrected chi connectivity index (χ2v) is 3.93. The second kappa shape index (κ2) is 11.0. The maximum absolute atomic E-state index is 8.56. The molecule has 3 heteroatoms. The molecule has 0 saturated heterocycles. The molecule has 0 heterocycles. The summed E-state index contributed by atoms with van der Waals surface area (Å²) in [6.07, 6.45) is 6.31. The van der Waals surface area contributed by atoms with Crippen molar-refractivity contribution in [3.05, 3.63) is 35.9 Å². The first kappa shape index (κ1) is 15.5. The van der Waals surface area contributed by atoms with E-state index in [0.29, 0.717) is 0 Å². The first-order chi connectivity index (χ1) is 8.16. The van der Waals surface area contributed by atoms with Gasteiger partial charge in [-0.3, -0.25) is 0 Å². The average Bonchev–Trinajstić information content (AvgIpc) is 2.29. The summed E-state index contributed by atoms with van der Waals surface area (Å²) in [4.78, 5) is 8.56. The third-order valence-electron chi connectivity index (χ3n) is 2.41. The van der Waals surface area contributed by atoms with Crippen LogP contribution < -0.4 is 0 Å². The predicted octanol–water partition coefficient (Wildman–Crippen LogP) is 4.42. The molecule has 96 valence electrons. The van der Waals surface area contributed by atoms with Crippen LogP contribution >= 0.6 is 0 Å². The lowest BCUT2D eigenvalue weighted by molar-refractivity contribution is 0.137. The number of carboxylic acid groups (broad SMARTS) is 2. The highest BCUT2D eigenvalue weighted by Gasteiger charge is 1.91. The summed E-state index contributed by atoms with van der Waals surface area (Å²) >= 11 is 0. The molecular weight excluding hydrogens is 216 g/mol. The molecule has 0 radical (unpaired) electrons. The Morgan fingerprint density at radius 1 is 1.00 bits per heavy atom. The van der Waals surface area contributed by atoms with Crippen molar-refractivity contribution in [3.63, 3.8) is 0 Å². The van der Waals surface area contributed by atoms with Crippen LogP contribution in [0.2, 0.25) is 0 Å². The highest BCUT2D eigenvalue weighted by atomic mass is 16.6. The van der Waals surface area contributed by atoms with Gasteiger partial charge in [0.25, 0.3) is 0 Å². The van der Waals surface area contributed by atoms with Gasteiger partial charge < -0.3 is 10.2 Å². The van der Waals surface area contributed by atoms with Gasteiger partial charge in [-0.1, -0.05) is 62.9 Å². The van der Waals surface area contributed by atoms with Crippen LogP contribution in [0.5, 0.6) is 0 Å². The molecule has 1 aromatic carbocycles. The summed E-state index contributed by atoms with van der Waals surface area (Å²) in [5.41, 5.74) is 1.49. The van der Waals surface area contributed by atoms with E-state index in [9.17, 15) is 0 Å². The molecule has 0 amide bonds. The summed E-state index contributed by atoms with van der Waals surface area (Å²) in [5, 5.41) is 13.9. The Labute approximate surface area is 103 Å². The Hall–Kier alpha value is -1.51. The highest BCUT2D eigenvalue weighted by Crippen LogP contribution is 2.08. The van der Waals surface area contributed by atoms with Gasteiger partial charge in [0.2, 0.25) is 0 Å². The van der Waals surface area contributed by atoms with Crippen LogP contribution in [0.15, 0.2) is 30.3 Å². The summed E-state index contributed by atoms with van der Waals surface area (Å²) < 4.78 is 0. The van der Waals surface area contributed by atoms with E-state index >= 15 is 0 Å². The zero-order valence-corrected chi connectivity index (χ0v) is 10.4. The van der Waals surface area contributed by atoms with E-state index in [-0.39, 0.29) is 0 Å². The van der Waals surface area contributed by atoms with E-state index in [1.54, 1.807) is 0 Å². The highest BCUT2D eigenvalue weighted by molar-refractivity contribution is 5.53. The first-order valence-electron chi connectivity index (χ1n) is 6.12. The number of benzene rings is 1. The normalized spacial score (nSPS) is 9.24. The molecule has 0 aromatic heterocycles. The SMILES string of the molecule is CCCCCCCc1ccccc1.O=C(O)O. The number of carbonyl (C=O) groups is 1. The quantitative estimate of drug-likeness (QED) is 0.721. The zero-order chi connectivity index (χ0) is 12.9. The van der Waals surface area contributed by atoms with Crippen molar-refractivity contribution in [2.75, 3.05) is 0 Å². The van der Waals surface area contributed by atoms with Gasteiger partial charge in [-0.25, -0.2) is 4.79 Å². The fourth-order valence-corrected chi connectivity index (χ4v) is 1.58. The fourth-order valence-electron chi connectivity index (χ4n) is 1.58. The van der Waals surface area contributed by atoms with Gasteiger partial charge >= 0.3 is 6.16 Å². The topological polar surface area (TPSA) is 57.5 Å². The van der Waals surface area contributed by atoms with Crippen molar-refractivity contribution in [1.82, 2.24) is 0 Å². The van der Waals surface area contributed by atoms with Gasteiger partial charge in [-0.2, -0.15) is 0 Å². The Kier molecular flexibility index (Phi) is 10.0. The van der Waals surface area contributed by atoms with Crippen molar-refractivity contribution >= 4 is 6.16 Å². The first-order valence-corrected chi connectivity index (χ1v) is 6.12. The molecule has 1 rings (SSSR count). The van der Waals surface area contributed by atoms with Crippen LogP contribution in [0, 0.1) is 0 Å². The minimum absolute atomic E-state index is 1.25. The largest absolute Gasteiger partial charge is 0.503 e. The van der Waals surface area contributed by atoms with E-state index in [4.69, 9.17) is 15.0 Å². The van der Waals surface area contributed by atoms with Gasteiger partial charge in [0.05, 0.1) is 0 Å². The molecule has 0 bridgehead atoms. The van der Waals surface area contributed by atoms with Crippen LogP contribution in [-0.2, 0) is 6.42 Å². The average molecular weight is 238 g/mol. The van der Waals surface area contributed by atoms with Crippen LogP contribution in [0.3, 0.4) is 0 Å². The van der Waals surface area contributed by atoms with E-state index < -0.39 is 6.16 Å². The lowest BCUT2D eigenvalue weighted by Crippen LogP contribution is -1.84. The van der Waals surface area contributed by atoms with Gasteiger partial charge in [0, 0.05) is 0 Å². The third kappa shape index (κ3) is 12.4. The van der Waals surface area contributed by atoms with Crippen LogP contribution in [0.4, 0.5) is 4.79 Å². The summed E-state index contributed by atoms with van der Waals surface area (Å²) in [6.45, 7) is 2.26. The molecule has 0 unspecified atom stereocenters. The lowest BCUT2D eigenvalue weighted by atomic mass is 10.1. The maximum Gasteiger partial charge on any atom is 0.503 e. The van der Waals surface area contributed by atoms with Crippen LogP contribution in [-0.4, -0.2) is 16.4 Å². The van der Waals surface area contributed by atoms with Crippen molar-refractivity contribution in [2.45, 2.75) is 45.4 Å². The van der Waals surface area contributed by atoms with Gasteiger partial charge in [0.15, 0.2) is 0 Å². The summed E-state index contributed by atoms with van der Waals surface area (Å²) in [6, 6.07) is 10.8. The van der Waals surface area contributed by atoms with Crippen molar-refractivity contribution in [1.29, 1.82) is 0 Å². The minimum atomic E-state index is -1.83. The Bertz CT molecular complexity index is 279.